The molecule has 0 aromatic carbocycles. The molecule has 14 heavy (non-hydrogen) atoms. The van der Waals surface area contributed by atoms with Crippen molar-refractivity contribution in [2.75, 3.05) is 14.1 Å². The molecule has 5 nitrogen and oxygen atoms in total. The topological polar surface area (TPSA) is 51.8 Å². The Morgan fingerprint density at radius 1 is 0.714 bits per heavy atom. The van der Waals surface area contributed by atoms with Gasteiger partial charge in [0.1, 0.15) is 0 Å². The van der Waals surface area contributed by atoms with E-state index in [4.69, 9.17) is 12.3 Å². The van der Waals surface area contributed by atoms with Gasteiger partial charge in [0, 0.05) is 0 Å². The fourth-order valence-corrected chi connectivity index (χ4v) is 15.3. The van der Waals surface area contributed by atoms with Gasteiger partial charge in [-0.05, 0) is 40.3 Å². The SMILES string of the molecule is CN[Si]1(C)O[Si](C)(C)O[Si](C)(NC)O1. The largest absolute Gasteiger partial charge is 0.404 e. The highest BCUT2D eigenvalue weighted by Gasteiger charge is 2.54. The molecule has 0 amide bonds. The quantitative estimate of drug-likeness (QED) is 0.694. The Bertz CT molecular complexity index is 210. The van der Waals surface area contributed by atoms with Crippen molar-refractivity contribution in [3.8, 4) is 0 Å². The van der Waals surface area contributed by atoms with Gasteiger partial charge in [0.05, 0.1) is 0 Å². The van der Waals surface area contributed by atoms with Crippen LogP contribution in [0.1, 0.15) is 0 Å². The first-order valence-corrected chi connectivity index (χ1v) is 12.2. The van der Waals surface area contributed by atoms with Crippen LogP contribution < -0.4 is 9.96 Å². The highest BCUT2D eigenvalue weighted by Crippen LogP contribution is 2.26. The van der Waals surface area contributed by atoms with Crippen LogP contribution in [0.3, 0.4) is 0 Å². The van der Waals surface area contributed by atoms with E-state index in [0.29, 0.717) is 0 Å². The third-order valence-electron chi connectivity index (χ3n) is 2.18. The molecule has 0 saturated carbocycles. The Morgan fingerprint density at radius 2 is 1.07 bits per heavy atom. The lowest BCUT2D eigenvalue weighted by molar-refractivity contribution is 0.214. The van der Waals surface area contributed by atoms with Crippen molar-refractivity contribution in [2.45, 2.75) is 26.2 Å². The van der Waals surface area contributed by atoms with Crippen LogP contribution in [0, 0.1) is 0 Å². The summed E-state index contributed by atoms with van der Waals surface area (Å²) in [5.74, 6) is 0. The summed E-state index contributed by atoms with van der Waals surface area (Å²) in [6, 6.07) is 0. The number of nitrogens with one attached hydrogen (secondary N) is 2. The molecule has 1 heterocycles. The zero-order valence-corrected chi connectivity index (χ0v) is 12.7. The molecule has 1 aliphatic rings. The molecule has 0 aromatic rings. The molecule has 84 valence electrons. The van der Waals surface area contributed by atoms with E-state index in [-0.39, 0.29) is 0 Å². The molecule has 2 N–H and O–H groups in total. The fourth-order valence-electron chi connectivity index (χ4n) is 1.58. The summed E-state index contributed by atoms with van der Waals surface area (Å²) in [5.41, 5.74) is 0. The minimum absolute atomic E-state index is 1.88. The van der Waals surface area contributed by atoms with E-state index in [1.54, 1.807) is 0 Å². The summed E-state index contributed by atoms with van der Waals surface area (Å²) in [6.07, 6.45) is 0. The predicted octanol–water partition coefficient (Wildman–Crippen LogP) is 0.328. The van der Waals surface area contributed by atoms with Crippen LogP contribution in [0.2, 0.25) is 26.2 Å². The summed E-state index contributed by atoms with van der Waals surface area (Å²) in [7, 11) is -2.70. The fraction of sp³-hybridized carbons (Fsp3) is 1.00. The molecule has 0 aromatic heterocycles. The molecule has 2 unspecified atom stereocenters. The molecule has 0 bridgehead atoms. The van der Waals surface area contributed by atoms with Gasteiger partial charge in [0.15, 0.2) is 0 Å². The first-order chi connectivity index (χ1) is 6.24. The van der Waals surface area contributed by atoms with Gasteiger partial charge in [-0.3, -0.25) is 9.96 Å². The van der Waals surface area contributed by atoms with Crippen molar-refractivity contribution >= 4 is 26.0 Å². The first kappa shape index (κ1) is 12.5. The Kier molecular flexibility index (Phi) is 3.39. The molecule has 0 spiro atoms. The second kappa shape index (κ2) is 3.79. The zero-order valence-electron chi connectivity index (χ0n) is 9.72. The van der Waals surface area contributed by atoms with Crippen molar-refractivity contribution in [1.82, 2.24) is 9.96 Å². The van der Waals surface area contributed by atoms with E-state index < -0.39 is 26.0 Å². The summed E-state index contributed by atoms with van der Waals surface area (Å²) < 4.78 is 17.8. The summed E-state index contributed by atoms with van der Waals surface area (Å²) >= 11 is 0. The Labute approximate surface area is 89.0 Å². The molecular formula is C6H20N2O3Si3. The maximum absolute atomic E-state index is 5.94. The normalized spacial score (nSPS) is 42.4. The summed E-state index contributed by atoms with van der Waals surface area (Å²) in [4.78, 5) is 6.34. The monoisotopic (exact) mass is 252 g/mol. The molecule has 0 radical (unpaired) electrons. The third kappa shape index (κ3) is 2.73. The summed E-state index contributed by atoms with van der Waals surface area (Å²) in [5, 5.41) is 0. The van der Waals surface area contributed by atoms with Crippen LogP contribution in [-0.4, -0.2) is 40.1 Å². The number of hydrogen-bond donors (Lipinski definition) is 2. The average Bonchev–Trinajstić information content (AvgIpc) is 2.00. The molecule has 1 aliphatic heterocycles. The zero-order chi connectivity index (χ0) is 11.0. The van der Waals surface area contributed by atoms with Gasteiger partial charge in [-0.2, -0.15) is 0 Å². The van der Waals surface area contributed by atoms with Crippen molar-refractivity contribution in [1.29, 1.82) is 0 Å². The molecule has 2 atom stereocenters. The van der Waals surface area contributed by atoms with Crippen molar-refractivity contribution in [2.24, 2.45) is 0 Å². The third-order valence-corrected chi connectivity index (χ3v) is 14.2. The number of rotatable bonds is 2. The van der Waals surface area contributed by atoms with Gasteiger partial charge in [-0.15, -0.1) is 0 Å². The van der Waals surface area contributed by atoms with Crippen LogP contribution in [0.15, 0.2) is 0 Å². The van der Waals surface area contributed by atoms with E-state index in [1.165, 1.54) is 0 Å². The lowest BCUT2D eigenvalue weighted by atomic mass is 11.6. The minimum Gasteiger partial charge on any atom is -0.404 e. The van der Waals surface area contributed by atoms with E-state index in [2.05, 4.69) is 23.1 Å². The molecule has 8 heteroatoms. The highest BCUT2D eigenvalue weighted by atomic mass is 28.5. The van der Waals surface area contributed by atoms with Crippen LogP contribution >= 0.6 is 0 Å². The highest BCUT2D eigenvalue weighted by molar-refractivity contribution is 6.91. The van der Waals surface area contributed by atoms with E-state index >= 15 is 0 Å². The molecule has 1 fully saturated rings. The van der Waals surface area contributed by atoms with Crippen LogP contribution in [0.5, 0.6) is 0 Å². The van der Waals surface area contributed by atoms with Gasteiger partial charge < -0.3 is 12.3 Å². The summed E-state index contributed by atoms with van der Waals surface area (Å²) in [6.45, 7) is 8.15. The smallest absolute Gasteiger partial charge is 0.404 e. The van der Waals surface area contributed by atoms with E-state index in [1.807, 2.05) is 27.2 Å². The van der Waals surface area contributed by atoms with Crippen molar-refractivity contribution < 1.29 is 12.3 Å². The maximum Gasteiger partial charge on any atom is 0.404 e. The number of hydrogen-bond acceptors (Lipinski definition) is 5. The van der Waals surface area contributed by atoms with Gasteiger partial charge in [0.25, 0.3) is 0 Å². The van der Waals surface area contributed by atoms with Crippen molar-refractivity contribution in [3.63, 3.8) is 0 Å². The molecular weight excluding hydrogens is 232 g/mol. The molecule has 1 rings (SSSR count). The first-order valence-electron chi connectivity index (χ1n) is 4.72. The van der Waals surface area contributed by atoms with Gasteiger partial charge in [-0.25, -0.2) is 0 Å². The second-order valence-corrected chi connectivity index (χ2v) is 14.1. The molecule has 0 aliphatic carbocycles. The minimum atomic E-state index is -2.22. The van der Waals surface area contributed by atoms with Crippen LogP contribution in [-0.2, 0) is 12.3 Å². The predicted molar refractivity (Wildman–Crippen MR) is 62.1 cm³/mol. The molecule has 1 saturated heterocycles. The maximum atomic E-state index is 5.94. The van der Waals surface area contributed by atoms with Gasteiger partial charge in [-0.1, -0.05) is 0 Å². The van der Waals surface area contributed by atoms with Gasteiger partial charge >= 0.3 is 26.0 Å². The van der Waals surface area contributed by atoms with Crippen molar-refractivity contribution in [3.05, 3.63) is 0 Å². The average molecular weight is 252 g/mol. The Hall–Kier alpha value is 0.451. The Morgan fingerprint density at radius 3 is 1.36 bits per heavy atom. The second-order valence-electron chi connectivity index (χ2n) is 4.10. The lowest BCUT2D eigenvalue weighted by Gasteiger charge is -2.47. The Balaban J connectivity index is 2.88. The standard InChI is InChI=1S/C6H20N2O3Si3/c1-7-13(5)9-12(3,4)10-14(6,8-2)11-13/h7-8H,1-6H3. The van der Waals surface area contributed by atoms with E-state index in [9.17, 15) is 0 Å². The van der Waals surface area contributed by atoms with Crippen LogP contribution in [0.4, 0.5) is 0 Å². The van der Waals surface area contributed by atoms with E-state index in [0.717, 1.165) is 0 Å². The lowest BCUT2D eigenvalue weighted by Crippen LogP contribution is -2.74. The van der Waals surface area contributed by atoms with Crippen LogP contribution in [0.25, 0.3) is 0 Å². The van der Waals surface area contributed by atoms with Gasteiger partial charge in [0.2, 0.25) is 0 Å².